The first-order chi connectivity index (χ1) is 8.59. The third-order valence-electron chi connectivity index (χ3n) is 3.48. The molecule has 2 N–H and O–H groups in total. The Morgan fingerprint density at radius 1 is 1.28 bits per heavy atom. The monoisotopic (exact) mass is 262 g/mol. The van der Waals surface area contributed by atoms with E-state index >= 15 is 0 Å². The number of hydrogen-bond donors (Lipinski definition) is 1. The number of rotatable bonds is 2. The number of carbonyl (C=O) groups excluding carboxylic acids is 1. The molecule has 1 saturated heterocycles. The number of amides is 1. The predicted molar refractivity (Wildman–Crippen MR) is 76.7 cm³/mol. The van der Waals surface area contributed by atoms with Crippen molar-refractivity contribution >= 4 is 23.1 Å². The maximum absolute atomic E-state index is 12.4. The predicted octanol–water partition coefficient (Wildman–Crippen LogP) is 2.34. The number of carbonyl (C=O) groups is 1. The molecular weight excluding hydrogens is 244 g/mol. The first-order valence-corrected chi connectivity index (χ1v) is 6.71. The highest BCUT2D eigenvalue weighted by Gasteiger charge is 2.23. The van der Waals surface area contributed by atoms with E-state index in [0.717, 1.165) is 24.9 Å². The first kappa shape index (κ1) is 13.0. The van der Waals surface area contributed by atoms with Crippen molar-refractivity contribution in [2.45, 2.75) is 32.2 Å². The average Bonchev–Trinajstić information content (AvgIpc) is 2.38. The lowest BCUT2D eigenvalue weighted by molar-refractivity contribution is 0.0635. The van der Waals surface area contributed by atoms with E-state index in [1.165, 1.54) is 6.42 Å². The van der Waals surface area contributed by atoms with Gasteiger partial charge in [-0.25, -0.2) is 0 Å². The fraction of sp³-hybridized carbons (Fsp3) is 0.429. The van der Waals surface area contributed by atoms with Crippen LogP contribution in [-0.2, 0) is 0 Å². The first-order valence-electron chi connectivity index (χ1n) is 6.30. The summed E-state index contributed by atoms with van der Waals surface area (Å²) < 4.78 is 0. The van der Waals surface area contributed by atoms with Crippen molar-refractivity contribution in [1.82, 2.24) is 4.90 Å². The van der Waals surface area contributed by atoms with Crippen LogP contribution >= 0.6 is 12.2 Å². The van der Waals surface area contributed by atoms with E-state index in [1.54, 1.807) is 12.1 Å². The summed E-state index contributed by atoms with van der Waals surface area (Å²) in [5, 5.41) is 0. The maximum Gasteiger partial charge on any atom is 0.254 e. The van der Waals surface area contributed by atoms with Crippen LogP contribution in [0.3, 0.4) is 0 Å². The Morgan fingerprint density at radius 2 is 1.89 bits per heavy atom. The summed E-state index contributed by atoms with van der Waals surface area (Å²) in [5.41, 5.74) is 7.05. The van der Waals surface area contributed by atoms with Crippen molar-refractivity contribution in [1.29, 1.82) is 0 Å². The molecular formula is C14H18N2OS. The molecule has 1 aromatic carbocycles. The summed E-state index contributed by atoms with van der Waals surface area (Å²) in [5.74, 6) is 0.108. The van der Waals surface area contributed by atoms with Crippen LogP contribution < -0.4 is 5.73 Å². The summed E-state index contributed by atoms with van der Waals surface area (Å²) in [6.07, 6.45) is 3.41. The van der Waals surface area contributed by atoms with Gasteiger partial charge in [-0.1, -0.05) is 24.4 Å². The molecule has 0 radical (unpaired) electrons. The Labute approximate surface area is 113 Å². The summed E-state index contributed by atoms with van der Waals surface area (Å²) in [6, 6.07) is 7.56. The summed E-state index contributed by atoms with van der Waals surface area (Å²) in [6.45, 7) is 2.97. The third kappa shape index (κ3) is 2.70. The second-order valence-corrected chi connectivity index (χ2v) is 5.22. The highest BCUT2D eigenvalue weighted by Crippen LogP contribution is 2.19. The van der Waals surface area contributed by atoms with Gasteiger partial charge in [-0.3, -0.25) is 4.79 Å². The third-order valence-corrected chi connectivity index (χ3v) is 3.72. The maximum atomic E-state index is 12.4. The largest absolute Gasteiger partial charge is 0.389 e. The lowest BCUT2D eigenvalue weighted by Gasteiger charge is -2.33. The number of benzene rings is 1. The number of hydrogen-bond acceptors (Lipinski definition) is 2. The molecule has 1 atom stereocenters. The molecule has 0 aromatic heterocycles. The molecule has 1 aliphatic heterocycles. The fourth-order valence-electron chi connectivity index (χ4n) is 2.34. The average molecular weight is 262 g/mol. The van der Waals surface area contributed by atoms with Crippen LogP contribution in [0.1, 0.15) is 42.1 Å². The van der Waals surface area contributed by atoms with Gasteiger partial charge in [0.15, 0.2) is 0 Å². The van der Waals surface area contributed by atoms with Crippen molar-refractivity contribution < 1.29 is 4.79 Å². The highest BCUT2D eigenvalue weighted by atomic mass is 32.1. The topological polar surface area (TPSA) is 46.3 Å². The Hall–Kier alpha value is -1.42. The molecule has 3 nitrogen and oxygen atoms in total. The number of nitrogens with two attached hydrogens (primary N) is 1. The molecule has 1 aliphatic rings. The molecule has 1 fully saturated rings. The SMILES string of the molecule is CC1CCCCN1C(=O)c1ccc(C(N)=S)cc1. The second kappa shape index (κ2) is 5.48. The molecule has 0 saturated carbocycles. The van der Waals surface area contributed by atoms with Gasteiger partial charge in [0.1, 0.15) is 4.99 Å². The smallest absolute Gasteiger partial charge is 0.254 e. The second-order valence-electron chi connectivity index (χ2n) is 4.78. The quantitative estimate of drug-likeness (QED) is 0.832. The van der Waals surface area contributed by atoms with Crippen molar-refractivity contribution in [3.05, 3.63) is 35.4 Å². The van der Waals surface area contributed by atoms with E-state index in [-0.39, 0.29) is 5.91 Å². The normalized spacial score (nSPS) is 19.6. The van der Waals surface area contributed by atoms with E-state index in [4.69, 9.17) is 18.0 Å². The molecule has 1 unspecified atom stereocenters. The molecule has 4 heteroatoms. The van der Waals surface area contributed by atoms with E-state index in [0.29, 0.717) is 16.6 Å². The molecule has 96 valence electrons. The number of nitrogens with zero attached hydrogens (tertiary/aromatic N) is 1. The van der Waals surface area contributed by atoms with Gasteiger partial charge in [0.25, 0.3) is 5.91 Å². The molecule has 2 rings (SSSR count). The lowest BCUT2D eigenvalue weighted by Crippen LogP contribution is -2.42. The van der Waals surface area contributed by atoms with Crippen molar-refractivity contribution in [2.75, 3.05) is 6.54 Å². The Balaban J connectivity index is 2.15. The van der Waals surface area contributed by atoms with E-state index in [1.807, 2.05) is 17.0 Å². The Bertz CT molecular complexity index is 455. The summed E-state index contributed by atoms with van der Waals surface area (Å²) in [7, 11) is 0. The van der Waals surface area contributed by atoms with Gasteiger partial charge in [0, 0.05) is 23.7 Å². The van der Waals surface area contributed by atoms with Gasteiger partial charge in [-0.15, -0.1) is 0 Å². The zero-order valence-corrected chi connectivity index (χ0v) is 11.4. The van der Waals surface area contributed by atoms with Gasteiger partial charge < -0.3 is 10.6 Å². The number of likely N-dealkylation sites (tertiary alicyclic amines) is 1. The highest BCUT2D eigenvalue weighted by molar-refractivity contribution is 7.80. The van der Waals surface area contributed by atoms with Gasteiger partial charge in [-0.05, 0) is 38.3 Å². The molecule has 18 heavy (non-hydrogen) atoms. The zero-order chi connectivity index (χ0) is 13.1. The van der Waals surface area contributed by atoms with Crippen LogP contribution in [0.15, 0.2) is 24.3 Å². The molecule has 1 aromatic rings. The zero-order valence-electron chi connectivity index (χ0n) is 10.6. The van der Waals surface area contributed by atoms with Gasteiger partial charge in [-0.2, -0.15) is 0 Å². The minimum Gasteiger partial charge on any atom is -0.389 e. The summed E-state index contributed by atoms with van der Waals surface area (Å²) >= 11 is 4.90. The van der Waals surface area contributed by atoms with E-state index in [9.17, 15) is 4.79 Å². The van der Waals surface area contributed by atoms with Crippen molar-refractivity contribution in [3.8, 4) is 0 Å². The van der Waals surface area contributed by atoms with Gasteiger partial charge in [0.05, 0.1) is 0 Å². The molecule has 0 spiro atoms. The summed E-state index contributed by atoms with van der Waals surface area (Å²) in [4.78, 5) is 14.7. The van der Waals surface area contributed by atoms with E-state index in [2.05, 4.69) is 6.92 Å². The molecule has 1 amide bonds. The van der Waals surface area contributed by atoms with Gasteiger partial charge >= 0.3 is 0 Å². The molecule has 0 aliphatic carbocycles. The lowest BCUT2D eigenvalue weighted by atomic mass is 10.0. The van der Waals surface area contributed by atoms with Crippen LogP contribution in [0.5, 0.6) is 0 Å². The number of piperidine rings is 1. The molecule has 1 heterocycles. The van der Waals surface area contributed by atoms with Crippen LogP contribution in [0.25, 0.3) is 0 Å². The fourth-order valence-corrected chi connectivity index (χ4v) is 2.48. The Kier molecular flexibility index (Phi) is 3.97. The van der Waals surface area contributed by atoms with Crippen LogP contribution in [0, 0.1) is 0 Å². The Morgan fingerprint density at radius 3 is 2.44 bits per heavy atom. The minimum atomic E-state index is 0.108. The molecule has 0 bridgehead atoms. The standard InChI is InChI=1S/C14H18N2OS/c1-10-4-2-3-9-16(10)14(17)12-7-5-11(6-8-12)13(15)18/h5-8,10H,2-4,9H2,1H3,(H2,15,18). The van der Waals surface area contributed by atoms with E-state index < -0.39 is 0 Å². The van der Waals surface area contributed by atoms with Crippen LogP contribution in [-0.4, -0.2) is 28.4 Å². The minimum absolute atomic E-state index is 0.108. The van der Waals surface area contributed by atoms with Crippen LogP contribution in [0.4, 0.5) is 0 Å². The van der Waals surface area contributed by atoms with Crippen LogP contribution in [0.2, 0.25) is 0 Å². The van der Waals surface area contributed by atoms with Gasteiger partial charge in [0.2, 0.25) is 0 Å². The van der Waals surface area contributed by atoms with Crippen molar-refractivity contribution in [3.63, 3.8) is 0 Å². The number of thiocarbonyl (C=S) groups is 1. The van der Waals surface area contributed by atoms with Crippen molar-refractivity contribution in [2.24, 2.45) is 5.73 Å².